The van der Waals surface area contributed by atoms with Crippen LogP contribution >= 0.6 is 11.3 Å². The molecule has 0 spiro atoms. The molecule has 1 amide bonds. The summed E-state index contributed by atoms with van der Waals surface area (Å²) in [5, 5.41) is 9.00. The number of aromatic nitrogens is 4. The molecule has 142 valence electrons. The zero-order chi connectivity index (χ0) is 19.6. The minimum atomic E-state index is -0.0800. The summed E-state index contributed by atoms with van der Waals surface area (Å²) in [7, 11) is 0. The molecule has 0 saturated carbocycles. The lowest BCUT2D eigenvalue weighted by Crippen LogP contribution is -2.33. The molecule has 0 N–H and O–H groups in total. The summed E-state index contributed by atoms with van der Waals surface area (Å²) in [6.07, 6.45) is 0. The molecular formula is C22H17N5OS. The molecule has 5 rings (SSSR count). The Hall–Kier alpha value is -3.58. The maximum Gasteiger partial charge on any atom is 0.250 e. The second kappa shape index (κ2) is 7.44. The minimum absolute atomic E-state index is 0.0800. The molecule has 0 saturated heterocycles. The minimum Gasteiger partial charge on any atom is -0.282 e. The molecule has 0 aliphatic heterocycles. The highest BCUT2D eigenvalue weighted by atomic mass is 32.1. The van der Waals surface area contributed by atoms with E-state index in [1.807, 2.05) is 78.9 Å². The van der Waals surface area contributed by atoms with Crippen molar-refractivity contribution in [2.24, 2.45) is 0 Å². The molecule has 6 nitrogen and oxygen atoms in total. The van der Waals surface area contributed by atoms with Crippen molar-refractivity contribution in [2.75, 3.05) is 4.90 Å². The van der Waals surface area contributed by atoms with Gasteiger partial charge in [0.1, 0.15) is 12.1 Å². The van der Waals surface area contributed by atoms with Crippen LogP contribution in [0.25, 0.3) is 21.3 Å². The summed E-state index contributed by atoms with van der Waals surface area (Å²) in [5.41, 5.74) is 3.55. The van der Waals surface area contributed by atoms with Crippen LogP contribution < -0.4 is 4.90 Å². The average molecular weight is 399 g/mol. The van der Waals surface area contributed by atoms with Gasteiger partial charge in [-0.15, -0.1) is 5.10 Å². The molecule has 0 fully saturated rings. The van der Waals surface area contributed by atoms with E-state index < -0.39 is 0 Å². The van der Waals surface area contributed by atoms with Gasteiger partial charge in [-0.05, 0) is 29.8 Å². The standard InChI is InChI=1S/C22H17N5OS/c28-21(15-27-19-12-6-4-10-17(19)24-25-27)26(14-16-8-2-1-3-9-16)22-23-18-11-5-7-13-20(18)29-22/h1-13H,14-15H2. The Morgan fingerprint density at radius 2 is 1.62 bits per heavy atom. The number of benzene rings is 3. The van der Waals surface area contributed by atoms with Crippen LogP contribution in [0.15, 0.2) is 78.9 Å². The van der Waals surface area contributed by atoms with E-state index in [1.165, 1.54) is 11.3 Å². The zero-order valence-electron chi connectivity index (χ0n) is 15.5. The number of hydrogen-bond donors (Lipinski definition) is 0. The number of carbonyl (C=O) groups is 1. The monoisotopic (exact) mass is 399 g/mol. The van der Waals surface area contributed by atoms with E-state index in [4.69, 9.17) is 4.98 Å². The Labute approximate surface area is 171 Å². The predicted octanol–water partition coefficient (Wildman–Crippen LogP) is 4.27. The van der Waals surface area contributed by atoms with Crippen LogP contribution in [0.2, 0.25) is 0 Å². The van der Waals surface area contributed by atoms with E-state index in [-0.39, 0.29) is 12.5 Å². The molecule has 2 heterocycles. The normalized spacial score (nSPS) is 11.2. The Morgan fingerprint density at radius 3 is 2.45 bits per heavy atom. The van der Waals surface area contributed by atoms with Gasteiger partial charge in [-0.25, -0.2) is 9.67 Å². The van der Waals surface area contributed by atoms with E-state index in [9.17, 15) is 4.79 Å². The van der Waals surface area contributed by atoms with E-state index in [2.05, 4.69) is 10.3 Å². The fraction of sp³-hybridized carbons (Fsp3) is 0.0909. The topological polar surface area (TPSA) is 63.9 Å². The van der Waals surface area contributed by atoms with Crippen molar-refractivity contribution in [1.82, 2.24) is 20.0 Å². The van der Waals surface area contributed by atoms with E-state index in [0.717, 1.165) is 26.8 Å². The summed E-state index contributed by atoms with van der Waals surface area (Å²) in [6.45, 7) is 0.551. The molecule has 0 unspecified atom stereocenters. The average Bonchev–Trinajstić information content (AvgIpc) is 3.37. The molecule has 7 heteroatoms. The van der Waals surface area contributed by atoms with Crippen molar-refractivity contribution >= 4 is 43.6 Å². The number of carbonyl (C=O) groups excluding carboxylic acids is 1. The van der Waals surface area contributed by atoms with Crippen LogP contribution in [0.3, 0.4) is 0 Å². The number of hydrogen-bond acceptors (Lipinski definition) is 5. The second-order valence-corrected chi connectivity index (χ2v) is 7.67. The van der Waals surface area contributed by atoms with Gasteiger partial charge in [0, 0.05) is 0 Å². The van der Waals surface area contributed by atoms with Crippen LogP contribution in [0.4, 0.5) is 5.13 Å². The number of para-hydroxylation sites is 2. The van der Waals surface area contributed by atoms with E-state index >= 15 is 0 Å². The largest absolute Gasteiger partial charge is 0.282 e. The summed E-state index contributed by atoms with van der Waals surface area (Å²) >= 11 is 1.52. The van der Waals surface area contributed by atoms with Crippen LogP contribution in [-0.4, -0.2) is 25.9 Å². The zero-order valence-corrected chi connectivity index (χ0v) is 16.3. The van der Waals surface area contributed by atoms with Crippen LogP contribution in [0, 0.1) is 0 Å². The Balaban J connectivity index is 1.51. The van der Waals surface area contributed by atoms with Gasteiger partial charge in [-0.2, -0.15) is 0 Å². The molecule has 0 aliphatic carbocycles. The third kappa shape index (κ3) is 3.48. The molecule has 0 radical (unpaired) electrons. The van der Waals surface area contributed by atoms with Gasteiger partial charge in [-0.3, -0.25) is 9.69 Å². The number of nitrogens with zero attached hydrogens (tertiary/aromatic N) is 5. The SMILES string of the molecule is O=C(Cn1nnc2ccccc21)N(Cc1ccccc1)c1nc2ccccc2s1. The van der Waals surface area contributed by atoms with Crippen molar-refractivity contribution < 1.29 is 4.79 Å². The highest BCUT2D eigenvalue weighted by molar-refractivity contribution is 7.22. The molecule has 5 aromatic rings. The van der Waals surface area contributed by atoms with E-state index in [1.54, 1.807) is 9.58 Å². The van der Waals surface area contributed by atoms with Gasteiger partial charge in [-0.1, -0.05) is 71.1 Å². The van der Waals surface area contributed by atoms with Gasteiger partial charge >= 0.3 is 0 Å². The lowest BCUT2D eigenvalue weighted by molar-refractivity contribution is -0.119. The molecule has 29 heavy (non-hydrogen) atoms. The Kier molecular flexibility index (Phi) is 4.50. The number of anilines is 1. The summed E-state index contributed by atoms with van der Waals surface area (Å²) in [4.78, 5) is 19.8. The predicted molar refractivity (Wildman–Crippen MR) is 115 cm³/mol. The van der Waals surface area contributed by atoms with Crippen LogP contribution in [0.1, 0.15) is 5.56 Å². The highest BCUT2D eigenvalue weighted by Gasteiger charge is 2.21. The van der Waals surface area contributed by atoms with Crippen molar-refractivity contribution in [3.05, 3.63) is 84.4 Å². The first-order valence-corrected chi connectivity index (χ1v) is 10.1. The summed E-state index contributed by atoms with van der Waals surface area (Å²) in [5.74, 6) is -0.0800. The maximum absolute atomic E-state index is 13.3. The number of thiazole rings is 1. The van der Waals surface area contributed by atoms with Crippen LogP contribution in [0.5, 0.6) is 0 Å². The molecule has 0 aliphatic rings. The Bertz CT molecular complexity index is 1260. The van der Waals surface area contributed by atoms with Crippen molar-refractivity contribution in [3.63, 3.8) is 0 Å². The van der Waals surface area contributed by atoms with Gasteiger partial charge in [0.2, 0.25) is 0 Å². The Morgan fingerprint density at radius 1 is 0.897 bits per heavy atom. The van der Waals surface area contributed by atoms with Crippen molar-refractivity contribution in [1.29, 1.82) is 0 Å². The first kappa shape index (κ1) is 17.5. The molecular weight excluding hydrogens is 382 g/mol. The first-order chi connectivity index (χ1) is 14.3. The third-order valence-corrected chi connectivity index (χ3v) is 5.76. The number of amides is 1. The van der Waals surface area contributed by atoms with E-state index in [0.29, 0.717) is 11.7 Å². The summed E-state index contributed by atoms with van der Waals surface area (Å²) < 4.78 is 2.70. The molecule has 2 aromatic heterocycles. The molecule has 0 bridgehead atoms. The van der Waals surface area contributed by atoms with Gasteiger partial charge in [0.15, 0.2) is 5.13 Å². The smallest absolute Gasteiger partial charge is 0.250 e. The maximum atomic E-state index is 13.3. The number of rotatable bonds is 5. The number of fused-ring (bicyclic) bond motifs is 2. The quantitative estimate of drug-likeness (QED) is 0.443. The fourth-order valence-electron chi connectivity index (χ4n) is 3.25. The van der Waals surface area contributed by atoms with Gasteiger partial charge in [0.25, 0.3) is 5.91 Å². The van der Waals surface area contributed by atoms with Gasteiger partial charge < -0.3 is 0 Å². The fourth-order valence-corrected chi connectivity index (χ4v) is 4.23. The first-order valence-electron chi connectivity index (χ1n) is 9.26. The molecule has 0 atom stereocenters. The van der Waals surface area contributed by atoms with Crippen molar-refractivity contribution in [2.45, 2.75) is 13.1 Å². The highest BCUT2D eigenvalue weighted by Crippen LogP contribution is 2.30. The van der Waals surface area contributed by atoms with Crippen molar-refractivity contribution in [3.8, 4) is 0 Å². The molecule has 3 aromatic carbocycles. The second-order valence-electron chi connectivity index (χ2n) is 6.67. The van der Waals surface area contributed by atoms with Crippen LogP contribution in [-0.2, 0) is 17.9 Å². The lowest BCUT2D eigenvalue weighted by atomic mass is 10.2. The third-order valence-electron chi connectivity index (χ3n) is 4.70. The van der Waals surface area contributed by atoms with Gasteiger partial charge in [0.05, 0.1) is 22.3 Å². The lowest BCUT2D eigenvalue weighted by Gasteiger charge is -2.20. The summed E-state index contributed by atoms with van der Waals surface area (Å²) in [6, 6.07) is 25.5.